The number of hydrogen-bond donors (Lipinski definition) is 1. The highest BCUT2D eigenvalue weighted by atomic mass is 127. The average molecular weight is 454 g/mol. The summed E-state index contributed by atoms with van der Waals surface area (Å²) in [5.74, 6) is 0.983. The third kappa shape index (κ3) is 5.20. The van der Waals surface area contributed by atoms with Crippen LogP contribution in [-0.2, 0) is 4.79 Å². The molecule has 2 aliphatic rings. The molecule has 1 aromatic carbocycles. The van der Waals surface area contributed by atoms with E-state index in [-0.39, 0.29) is 29.9 Å². The molecule has 1 N–H and O–H groups in total. The van der Waals surface area contributed by atoms with Gasteiger partial charge < -0.3 is 15.1 Å². The van der Waals surface area contributed by atoms with Gasteiger partial charge in [-0.1, -0.05) is 36.4 Å². The van der Waals surface area contributed by atoms with Gasteiger partial charge in [0, 0.05) is 33.2 Å². The number of amides is 1. The summed E-state index contributed by atoms with van der Waals surface area (Å²) in [6.45, 7) is 3.86. The maximum Gasteiger partial charge on any atom is 0.241 e. The van der Waals surface area contributed by atoms with Gasteiger partial charge in [0.1, 0.15) is 0 Å². The van der Waals surface area contributed by atoms with Crippen LogP contribution >= 0.6 is 24.0 Å². The molecule has 2 aliphatic heterocycles. The molecule has 1 aromatic rings. The molecule has 0 radical (unpaired) electrons. The first kappa shape index (κ1) is 19.8. The summed E-state index contributed by atoms with van der Waals surface area (Å²) in [4.78, 5) is 20.6. The summed E-state index contributed by atoms with van der Waals surface area (Å²) >= 11 is 0. The molecule has 5 nitrogen and oxygen atoms in total. The monoisotopic (exact) mass is 454 g/mol. The highest BCUT2D eigenvalue weighted by Crippen LogP contribution is 2.21. The van der Waals surface area contributed by atoms with Crippen molar-refractivity contribution in [2.24, 2.45) is 4.99 Å². The maximum atomic E-state index is 12.2. The lowest BCUT2D eigenvalue weighted by molar-refractivity contribution is -0.128. The van der Waals surface area contributed by atoms with E-state index < -0.39 is 0 Å². The van der Waals surface area contributed by atoms with E-state index in [1.54, 1.807) is 7.05 Å². The van der Waals surface area contributed by atoms with E-state index in [2.05, 4.69) is 45.6 Å². The molecule has 0 unspecified atom stereocenters. The van der Waals surface area contributed by atoms with Crippen LogP contribution in [0.15, 0.2) is 41.4 Å². The molecular formula is C19H27IN4O. The quantitative estimate of drug-likeness (QED) is 0.434. The first-order chi connectivity index (χ1) is 11.8. The van der Waals surface area contributed by atoms with Crippen molar-refractivity contribution < 1.29 is 4.79 Å². The molecule has 1 fully saturated rings. The maximum absolute atomic E-state index is 12.2. The number of rotatable bonds is 3. The van der Waals surface area contributed by atoms with Gasteiger partial charge in [-0.2, -0.15) is 0 Å². The SMILES string of the molecule is CN=C(NCC(=O)N1CCCC1)N1CC=C(c2ccccc2)CC1.I. The second kappa shape index (κ2) is 9.79. The fourth-order valence-corrected chi connectivity index (χ4v) is 3.34. The predicted molar refractivity (Wildman–Crippen MR) is 113 cm³/mol. The summed E-state index contributed by atoms with van der Waals surface area (Å²) in [5, 5.41) is 3.23. The molecule has 2 heterocycles. The summed E-state index contributed by atoms with van der Waals surface area (Å²) in [6, 6.07) is 10.5. The van der Waals surface area contributed by atoms with E-state index in [1.807, 2.05) is 11.0 Å². The highest BCUT2D eigenvalue weighted by Gasteiger charge is 2.20. The van der Waals surface area contributed by atoms with Gasteiger partial charge in [-0.05, 0) is 30.4 Å². The molecule has 136 valence electrons. The van der Waals surface area contributed by atoms with Gasteiger partial charge >= 0.3 is 0 Å². The van der Waals surface area contributed by atoms with Crippen LogP contribution in [0.4, 0.5) is 0 Å². The van der Waals surface area contributed by atoms with Gasteiger partial charge in [0.25, 0.3) is 0 Å². The average Bonchev–Trinajstić information content (AvgIpc) is 3.18. The van der Waals surface area contributed by atoms with E-state index in [1.165, 1.54) is 11.1 Å². The predicted octanol–water partition coefficient (Wildman–Crippen LogP) is 2.59. The zero-order valence-corrected chi connectivity index (χ0v) is 17.1. The minimum atomic E-state index is 0. The third-order valence-corrected chi connectivity index (χ3v) is 4.72. The van der Waals surface area contributed by atoms with Crippen LogP contribution in [0, 0.1) is 0 Å². The molecule has 0 aromatic heterocycles. The van der Waals surface area contributed by atoms with E-state index in [4.69, 9.17) is 0 Å². The first-order valence-electron chi connectivity index (χ1n) is 8.76. The Morgan fingerprint density at radius 1 is 1.12 bits per heavy atom. The van der Waals surface area contributed by atoms with Crippen LogP contribution in [0.2, 0.25) is 0 Å². The van der Waals surface area contributed by atoms with E-state index in [0.29, 0.717) is 6.54 Å². The zero-order valence-electron chi connectivity index (χ0n) is 14.8. The molecular weight excluding hydrogens is 427 g/mol. The van der Waals surface area contributed by atoms with Crippen LogP contribution in [0.25, 0.3) is 5.57 Å². The van der Waals surface area contributed by atoms with Gasteiger partial charge in [0.05, 0.1) is 6.54 Å². The highest BCUT2D eigenvalue weighted by molar-refractivity contribution is 14.0. The first-order valence-corrected chi connectivity index (χ1v) is 8.76. The van der Waals surface area contributed by atoms with Crippen LogP contribution in [-0.4, -0.2) is 61.4 Å². The Labute approximate surface area is 167 Å². The number of nitrogens with zero attached hydrogens (tertiary/aromatic N) is 3. The number of guanidine groups is 1. The van der Waals surface area contributed by atoms with Crippen molar-refractivity contribution in [3.05, 3.63) is 42.0 Å². The number of aliphatic imine (C=N–C) groups is 1. The van der Waals surface area contributed by atoms with Gasteiger partial charge in [0.15, 0.2) is 5.96 Å². The molecule has 1 amide bonds. The number of carbonyl (C=O) groups is 1. The molecule has 0 bridgehead atoms. The van der Waals surface area contributed by atoms with Crippen molar-refractivity contribution in [2.75, 3.05) is 39.8 Å². The van der Waals surface area contributed by atoms with Crippen LogP contribution < -0.4 is 5.32 Å². The van der Waals surface area contributed by atoms with E-state index >= 15 is 0 Å². The Kier molecular flexibility index (Phi) is 7.74. The lowest BCUT2D eigenvalue weighted by atomic mass is 10.00. The summed E-state index contributed by atoms with van der Waals surface area (Å²) < 4.78 is 0. The molecule has 1 saturated heterocycles. The number of carbonyl (C=O) groups excluding carboxylic acids is 1. The lowest BCUT2D eigenvalue weighted by Crippen LogP contribution is -2.47. The third-order valence-electron chi connectivity index (χ3n) is 4.72. The molecule has 6 heteroatoms. The molecule has 3 rings (SSSR count). The summed E-state index contributed by atoms with van der Waals surface area (Å²) in [7, 11) is 1.78. The number of nitrogens with one attached hydrogen (secondary N) is 1. The van der Waals surface area contributed by atoms with Gasteiger partial charge in [-0.3, -0.25) is 9.79 Å². The van der Waals surface area contributed by atoms with Crippen molar-refractivity contribution in [3.8, 4) is 0 Å². The summed E-state index contributed by atoms with van der Waals surface area (Å²) in [5.41, 5.74) is 2.68. The van der Waals surface area contributed by atoms with Crippen molar-refractivity contribution in [3.63, 3.8) is 0 Å². The van der Waals surface area contributed by atoms with Crippen LogP contribution in [0.1, 0.15) is 24.8 Å². The Bertz CT molecular complexity index is 624. The largest absolute Gasteiger partial charge is 0.347 e. The molecule has 0 atom stereocenters. The topological polar surface area (TPSA) is 47.9 Å². The molecule has 0 spiro atoms. The fraction of sp³-hybridized carbons (Fsp3) is 0.474. The van der Waals surface area contributed by atoms with E-state index in [0.717, 1.165) is 51.4 Å². The Hall–Kier alpha value is -1.57. The second-order valence-electron chi connectivity index (χ2n) is 6.28. The smallest absolute Gasteiger partial charge is 0.241 e. The lowest BCUT2D eigenvalue weighted by Gasteiger charge is -2.30. The standard InChI is InChI=1S/C19H26N4O.HI/c1-20-19(21-15-18(24)22-11-5-6-12-22)23-13-9-17(10-14-23)16-7-3-2-4-8-16;/h2-4,7-9H,5-6,10-15H2,1H3,(H,20,21);1H. The molecule has 0 aliphatic carbocycles. The number of benzene rings is 1. The number of hydrogen-bond acceptors (Lipinski definition) is 2. The van der Waals surface area contributed by atoms with Crippen LogP contribution in [0.5, 0.6) is 0 Å². The van der Waals surface area contributed by atoms with Gasteiger partial charge in [-0.15, -0.1) is 24.0 Å². The zero-order chi connectivity index (χ0) is 16.8. The van der Waals surface area contributed by atoms with Crippen molar-refractivity contribution >= 4 is 41.4 Å². The van der Waals surface area contributed by atoms with Crippen LogP contribution in [0.3, 0.4) is 0 Å². The van der Waals surface area contributed by atoms with Crippen molar-refractivity contribution in [2.45, 2.75) is 19.3 Å². The Morgan fingerprint density at radius 3 is 2.44 bits per heavy atom. The normalized spacial score (nSPS) is 17.8. The van der Waals surface area contributed by atoms with E-state index in [9.17, 15) is 4.79 Å². The second-order valence-corrected chi connectivity index (χ2v) is 6.28. The minimum Gasteiger partial charge on any atom is -0.347 e. The summed E-state index contributed by atoms with van der Waals surface area (Å²) in [6.07, 6.45) is 5.50. The van der Waals surface area contributed by atoms with Crippen molar-refractivity contribution in [1.29, 1.82) is 0 Å². The number of likely N-dealkylation sites (tertiary alicyclic amines) is 1. The van der Waals surface area contributed by atoms with Gasteiger partial charge in [0.2, 0.25) is 5.91 Å². The minimum absolute atomic E-state index is 0. The molecule has 0 saturated carbocycles. The van der Waals surface area contributed by atoms with Crippen molar-refractivity contribution in [1.82, 2.24) is 15.1 Å². The Balaban J connectivity index is 0.00000225. The Morgan fingerprint density at radius 2 is 1.84 bits per heavy atom. The molecule has 25 heavy (non-hydrogen) atoms. The fourth-order valence-electron chi connectivity index (χ4n) is 3.34. The number of halogens is 1. The van der Waals surface area contributed by atoms with Gasteiger partial charge in [-0.25, -0.2) is 0 Å².